The summed E-state index contributed by atoms with van der Waals surface area (Å²) in [7, 11) is 1.75. The standard InChI is InChI=1S/C11H25NO/c1-6-11(3,4)9-12-10(2)7-8-13-5/h10,12H,6-9H2,1-5H3. The second kappa shape index (κ2) is 6.39. The largest absolute Gasteiger partial charge is 0.385 e. The third-order valence-electron chi connectivity index (χ3n) is 2.64. The normalized spacial score (nSPS) is 14.5. The van der Waals surface area contributed by atoms with E-state index in [1.165, 1.54) is 6.42 Å². The van der Waals surface area contributed by atoms with E-state index in [-0.39, 0.29) is 0 Å². The molecule has 0 heterocycles. The Hall–Kier alpha value is -0.0800. The average Bonchev–Trinajstić information content (AvgIpc) is 2.11. The third kappa shape index (κ3) is 7.03. The van der Waals surface area contributed by atoms with Gasteiger partial charge in [0.2, 0.25) is 0 Å². The Morgan fingerprint density at radius 2 is 2.00 bits per heavy atom. The zero-order valence-electron chi connectivity index (χ0n) is 9.81. The Balaban J connectivity index is 3.51. The van der Waals surface area contributed by atoms with E-state index in [9.17, 15) is 0 Å². The lowest BCUT2D eigenvalue weighted by molar-refractivity contribution is 0.181. The molecule has 13 heavy (non-hydrogen) atoms. The van der Waals surface area contributed by atoms with Gasteiger partial charge in [-0.25, -0.2) is 0 Å². The van der Waals surface area contributed by atoms with Gasteiger partial charge in [0.25, 0.3) is 0 Å². The van der Waals surface area contributed by atoms with Crippen molar-refractivity contribution in [1.82, 2.24) is 5.32 Å². The van der Waals surface area contributed by atoms with Crippen LogP contribution in [0, 0.1) is 5.41 Å². The summed E-state index contributed by atoms with van der Waals surface area (Å²) in [4.78, 5) is 0. The molecule has 0 radical (unpaired) electrons. The maximum Gasteiger partial charge on any atom is 0.0476 e. The van der Waals surface area contributed by atoms with Crippen molar-refractivity contribution >= 4 is 0 Å². The maximum atomic E-state index is 5.03. The zero-order valence-corrected chi connectivity index (χ0v) is 9.81. The van der Waals surface area contributed by atoms with E-state index in [1.807, 2.05) is 0 Å². The number of hydrogen-bond donors (Lipinski definition) is 1. The van der Waals surface area contributed by atoms with E-state index < -0.39 is 0 Å². The first-order valence-corrected chi connectivity index (χ1v) is 5.24. The highest BCUT2D eigenvalue weighted by atomic mass is 16.5. The fraction of sp³-hybridized carbons (Fsp3) is 1.00. The summed E-state index contributed by atoms with van der Waals surface area (Å²) in [5, 5.41) is 3.53. The molecular weight excluding hydrogens is 162 g/mol. The first-order valence-electron chi connectivity index (χ1n) is 5.24. The van der Waals surface area contributed by atoms with E-state index in [2.05, 4.69) is 33.0 Å². The molecule has 0 saturated carbocycles. The van der Waals surface area contributed by atoms with E-state index >= 15 is 0 Å². The minimum absolute atomic E-state index is 0.418. The van der Waals surface area contributed by atoms with Crippen molar-refractivity contribution in [3.8, 4) is 0 Å². The van der Waals surface area contributed by atoms with Gasteiger partial charge in [0, 0.05) is 26.3 Å². The fourth-order valence-electron chi connectivity index (χ4n) is 0.972. The van der Waals surface area contributed by atoms with Gasteiger partial charge in [-0.15, -0.1) is 0 Å². The fourth-order valence-corrected chi connectivity index (χ4v) is 0.972. The van der Waals surface area contributed by atoms with Crippen molar-refractivity contribution < 1.29 is 4.74 Å². The molecule has 0 fully saturated rings. The number of nitrogens with one attached hydrogen (secondary N) is 1. The van der Waals surface area contributed by atoms with E-state index in [0.29, 0.717) is 11.5 Å². The minimum atomic E-state index is 0.418. The number of rotatable bonds is 7. The summed E-state index contributed by atoms with van der Waals surface area (Å²) in [6, 6.07) is 0.561. The van der Waals surface area contributed by atoms with Crippen LogP contribution in [0.15, 0.2) is 0 Å². The second-order valence-corrected chi connectivity index (χ2v) is 4.58. The molecule has 1 atom stereocenters. The monoisotopic (exact) mass is 187 g/mol. The van der Waals surface area contributed by atoms with Crippen LogP contribution in [0.25, 0.3) is 0 Å². The summed E-state index contributed by atoms with van der Waals surface area (Å²) in [5.41, 5.74) is 0.418. The SMILES string of the molecule is CCC(C)(C)CNC(C)CCOC. The van der Waals surface area contributed by atoms with Gasteiger partial charge in [-0.1, -0.05) is 20.8 Å². The lowest BCUT2D eigenvalue weighted by Gasteiger charge is -2.25. The van der Waals surface area contributed by atoms with Crippen molar-refractivity contribution in [2.75, 3.05) is 20.3 Å². The van der Waals surface area contributed by atoms with Gasteiger partial charge in [0.1, 0.15) is 0 Å². The summed E-state index contributed by atoms with van der Waals surface area (Å²) in [6.45, 7) is 11.0. The molecule has 0 aliphatic rings. The van der Waals surface area contributed by atoms with Gasteiger partial charge in [-0.05, 0) is 25.2 Å². The van der Waals surface area contributed by atoms with Crippen LogP contribution >= 0.6 is 0 Å². The number of methoxy groups -OCH3 is 1. The minimum Gasteiger partial charge on any atom is -0.385 e. The molecule has 1 N–H and O–H groups in total. The smallest absolute Gasteiger partial charge is 0.0476 e. The molecule has 0 aromatic carbocycles. The Kier molecular flexibility index (Phi) is 6.35. The highest BCUT2D eigenvalue weighted by molar-refractivity contribution is 4.72. The van der Waals surface area contributed by atoms with Gasteiger partial charge in [0.05, 0.1) is 0 Å². The summed E-state index contributed by atoms with van der Waals surface area (Å²) < 4.78 is 5.03. The predicted octanol–water partition coefficient (Wildman–Crippen LogP) is 2.44. The van der Waals surface area contributed by atoms with Crippen molar-refractivity contribution in [3.05, 3.63) is 0 Å². The second-order valence-electron chi connectivity index (χ2n) is 4.58. The molecule has 0 saturated heterocycles. The first kappa shape index (κ1) is 12.9. The molecule has 1 unspecified atom stereocenters. The molecule has 0 rings (SSSR count). The molecule has 0 bridgehead atoms. The van der Waals surface area contributed by atoms with Crippen molar-refractivity contribution in [1.29, 1.82) is 0 Å². The van der Waals surface area contributed by atoms with Gasteiger partial charge < -0.3 is 10.1 Å². The molecule has 0 aromatic rings. The lowest BCUT2D eigenvalue weighted by Crippen LogP contribution is -2.35. The van der Waals surface area contributed by atoms with Crippen LogP contribution in [0.5, 0.6) is 0 Å². The third-order valence-corrected chi connectivity index (χ3v) is 2.64. The lowest BCUT2D eigenvalue weighted by atomic mass is 9.90. The van der Waals surface area contributed by atoms with Crippen LogP contribution in [0.1, 0.15) is 40.5 Å². The molecule has 0 aliphatic heterocycles. The Labute approximate surface area is 83.1 Å². The van der Waals surface area contributed by atoms with Crippen molar-refractivity contribution in [3.63, 3.8) is 0 Å². The van der Waals surface area contributed by atoms with Crippen LogP contribution in [-0.2, 0) is 4.74 Å². The first-order chi connectivity index (χ1) is 6.02. The Morgan fingerprint density at radius 3 is 2.46 bits per heavy atom. The molecule has 0 aliphatic carbocycles. The van der Waals surface area contributed by atoms with Gasteiger partial charge in [-0.2, -0.15) is 0 Å². The van der Waals surface area contributed by atoms with E-state index in [0.717, 1.165) is 19.6 Å². The molecule has 2 heteroatoms. The van der Waals surface area contributed by atoms with Gasteiger partial charge >= 0.3 is 0 Å². The average molecular weight is 187 g/mol. The quantitative estimate of drug-likeness (QED) is 0.661. The van der Waals surface area contributed by atoms with Crippen LogP contribution in [0.4, 0.5) is 0 Å². The highest BCUT2D eigenvalue weighted by Crippen LogP contribution is 2.17. The van der Waals surface area contributed by atoms with Crippen LogP contribution in [-0.4, -0.2) is 26.3 Å². The predicted molar refractivity (Wildman–Crippen MR) is 58.0 cm³/mol. The molecule has 0 aromatic heterocycles. The molecule has 2 nitrogen and oxygen atoms in total. The topological polar surface area (TPSA) is 21.3 Å². The summed E-state index contributed by atoms with van der Waals surface area (Å²) in [5.74, 6) is 0. The van der Waals surface area contributed by atoms with Crippen LogP contribution in [0.3, 0.4) is 0 Å². The summed E-state index contributed by atoms with van der Waals surface area (Å²) >= 11 is 0. The number of ether oxygens (including phenoxy) is 1. The van der Waals surface area contributed by atoms with Crippen LogP contribution in [0.2, 0.25) is 0 Å². The molecule has 0 spiro atoms. The molecule has 0 amide bonds. The Bertz CT molecular complexity index is 123. The summed E-state index contributed by atoms with van der Waals surface area (Å²) in [6.07, 6.45) is 2.31. The zero-order chi connectivity index (χ0) is 10.3. The van der Waals surface area contributed by atoms with E-state index in [1.54, 1.807) is 7.11 Å². The highest BCUT2D eigenvalue weighted by Gasteiger charge is 2.15. The van der Waals surface area contributed by atoms with Crippen molar-refractivity contribution in [2.45, 2.75) is 46.6 Å². The maximum absolute atomic E-state index is 5.03. The van der Waals surface area contributed by atoms with Gasteiger partial charge in [0.15, 0.2) is 0 Å². The van der Waals surface area contributed by atoms with Crippen LogP contribution < -0.4 is 5.32 Å². The molecular formula is C11H25NO. The Morgan fingerprint density at radius 1 is 1.38 bits per heavy atom. The molecule has 80 valence electrons. The van der Waals surface area contributed by atoms with E-state index in [4.69, 9.17) is 4.74 Å². The van der Waals surface area contributed by atoms with Crippen molar-refractivity contribution in [2.24, 2.45) is 5.41 Å². The number of hydrogen-bond acceptors (Lipinski definition) is 2. The van der Waals surface area contributed by atoms with Gasteiger partial charge in [-0.3, -0.25) is 0 Å².